The van der Waals surface area contributed by atoms with Gasteiger partial charge < -0.3 is 4.90 Å². The van der Waals surface area contributed by atoms with E-state index in [2.05, 4.69) is 274 Å². The predicted molar refractivity (Wildman–Crippen MR) is 330 cm³/mol. The van der Waals surface area contributed by atoms with Crippen LogP contribution in [0.25, 0.3) is 60.5 Å². The van der Waals surface area contributed by atoms with Crippen molar-refractivity contribution in [2.45, 2.75) is 43.9 Å². The first kappa shape index (κ1) is 48.7. The average molecular weight is 1040 g/mol. The molecular weight excluding hydrogens is 990 g/mol. The highest BCUT2D eigenvalue weighted by molar-refractivity contribution is 7.21. The maximum Gasteiger partial charge on any atom is 0.247 e. The molecule has 1 aliphatic heterocycles. The van der Waals surface area contributed by atoms with Crippen molar-refractivity contribution in [2.75, 3.05) is 4.90 Å². The maximum atomic E-state index is 19.5. The van der Waals surface area contributed by atoms with Crippen LogP contribution in [0.2, 0.25) is 0 Å². The summed E-state index contributed by atoms with van der Waals surface area (Å²) in [5.74, 6) is -0.586. The van der Waals surface area contributed by atoms with Crippen molar-refractivity contribution in [3.8, 4) is 61.7 Å². The van der Waals surface area contributed by atoms with Gasteiger partial charge in [0.2, 0.25) is 5.69 Å². The van der Waals surface area contributed by atoms with Crippen LogP contribution in [-0.4, -0.2) is 8.07 Å². The second-order valence-electron chi connectivity index (χ2n) is 22.6. The summed E-state index contributed by atoms with van der Waals surface area (Å²) in [6.07, 6.45) is 0. The molecule has 3 nitrogen and oxygen atoms in total. The summed E-state index contributed by atoms with van der Waals surface area (Å²) >= 11 is 0. The van der Waals surface area contributed by atoms with Gasteiger partial charge in [0, 0.05) is 27.6 Å². The zero-order valence-electron chi connectivity index (χ0n) is 45.0. The second-order valence-corrected chi connectivity index (χ2v) is 26.4. The third kappa shape index (κ3) is 6.62. The van der Waals surface area contributed by atoms with Gasteiger partial charge in [-0.05, 0) is 123 Å². The Morgan fingerprint density at radius 1 is 0.438 bits per heavy atom. The molecule has 0 radical (unpaired) electrons. The van der Waals surface area contributed by atoms with Crippen LogP contribution in [0.15, 0.2) is 255 Å². The summed E-state index contributed by atoms with van der Waals surface area (Å²) in [6.45, 7) is 18.0. The Balaban J connectivity index is 1.11. The first-order valence-corrected chi connectivity index (χ1v) is 29.4. The lowest BCUT2D eigenvalue weighted by atomic mass is 9.52. The van der Waals surface area contributed by atoms with Crippen LogP contribution < -0.4 is 25.6 Å². The molecule has 0 saturated carbocycles. The van der Waals surface area contributed by atoms with Crippen LogP contribution in [0.4, 0.5) is 27.1 Å². The van der Waals surface area contributed by atoms with Gasteiger partial charge >= 0.3 is 0 Å². The Morgan fingerprint density at radius 2 is 0.787 bits per heavy atom. The summed E-state index contributed by atoms with van der Waals surface area (Å²) in [5, 5.41) is 16.9. The van der Waals surface area contributed by atoms with Crippen molar-refractivity contribution < 1.29 is 4.39 Å². The number of nitriles is 1. The van der Waals surface area contributed by atoms with E-state index < -0.39 is 30.1 Å². The van der Waals surface area contributed by atoms with E-state index in [4.69, 9.17) is 0 Å². The molecule has 80 heavy (non-hydrogen) atoms. The molecular formula is C75H54FN3Si. The third-order valence-electron chi connectivity index (χ3n) is 18.2. The molecule has 0 N–H and O–H groups in total. The van der Waals surface area contributed by atoms with Crippen molar-refractivity contribution in [3.63, 3.8) is 0 Å². The van der Waals surface area contributed by atoms with Gasteiger partial charge in [0.05, 0.1) is 17.8 Å². The summed E-state index contributed by atoms with van der Waals surface area (Å²) in [5.41, 5.74) is 13.0. The van der Waals surface area contributed by atoms with E-state index in [1.54, 1.807) is 0 Å². The van der Waals surface area contributed by atoms with Crippen LogP contribution in [-0.2, 0) is 16.2 Å². The molecule has 380 valence electrons. The molecule has 0 unspecified atom stereocenters. The Hall–Kier alpha value is -9.65. The van der Waals surface area contributed by atoms with E-state index in [1.807, 2.05) is 24.3 Å². The van der Waals surface area contributed by atoms with E-state index in [0.29, 0.717) is 16.7 Å². The highest BCUT2D eigenvalue weighted by Gasteiger charge is 2.69. The number of nitrogens with zero attached hydrogens (tertiary/aromatic N) is 3. The van der Waals surface area contributed by atoms with Crippen molar-refractivity contribution in [2.24, 2.45) is 0 Å². The Morgan fingerprint density at radius 3 is 1.16 bits per heavy atom. The lowest BCUT2D eigenvalue weighted by molar-refractivity contribution is 0.229. The summed E-state index contributed by atoms with van der Waals surface area (Å²) in [6, 6.07) is 93.2. The van der Waals surface area contributed by atoms with Crippen molar-refractivity contribution in [1.29, 1.82) is 5.26 Å². The highest BCUT2D eigenvalue weighted by atomic mass is 28.3. The lowest BCUT2D eigenvalue weighted by Gasteiger charge is -2.49. The lowest BCUT2D eigenvalue weighted by Crippen LogP contribution is -2.77. The molecule has 0 bridgehead atoms. The number of anilines is 3. The van der Waals surface area contributed by atoms with Crippen LogP contribution in [0.5, 0.6) is 0 Å². The first-order chi connectivity index (χ1) is 39.0. The Kier molecular flexibility index (Phi) is 11.1. The first-order valence-electron chi connectivity index (χ1n) is 27.4. The second kappa shape index (κ2) is 18.2. The minimum Gasteiger partial charge on any atom is -0.319 e. The van der Waals surface area contributed by atoms with Gasteiger partial charge in [-0.15, -0.1) is 0 Å². The Labute approximate surface area is 469 Å². The molecule has 2 aliphatic carbocycles. The monoisotopic (exact) mass is 1040 g/mol. The fraction of sp³-hybridized carbons (Fsp3) is 0.0933. The summed E-state index contributed by atoms with van der Waals surface area (Å²) < 4.78 is 19.5. The number of fused-ring (bicyclic) bond motifs is 8. The minimum atomic E-state index is -3.39. The van der Waals surface area contributed by atoms with Gasteiger partial charge in [0.25, 0.3) is 0 Å². The van der Waals surface area contributed by atoms with E-state index in [-0.39, 0.29) is 11.4 Å². The smallest absolute Gasteiger partial charge is 0.247 e. The van der Waals surface area contributed by atoms with Crippen molar-refractivity contribution in [1.82, 2.24) is 0 Å². The molecule has 0 fully saturated rings. The maximum absolute atomic E-state index is 19.5. The van der Waals surface area contributed by atoms with Crippen LogP contribution in [0.1, 0.15) is 55.5 Å². The zero-order valence-corrected chi connectivity index (χ0v) is 46.0. The summed E-state index contributed by atoms with van der Waals surface area (Å²) in [4.78, 5) is 6.38. The standard InChI is InChI=1S/C75H54FN3Si/c1-73(2)68-61(48-77)72(71(78-5)70(76)69(68)74(3,4)75(73)62-44-53(49-24-12-6-13-25-49)36-40-59(62)60-41-37-54(45-63(60)75)50-26-14-7-15-27-50)79-64-42-38-55(51-28-16-8-17-29-51)46-66(64)80(57-32-20-10-21-33-57,58-34-22-11-23-35-58)67-47-56(39-43-65(67)79)52-30-18-9-19-31-52/h6-47H,1-4H3. The average Bonchev–Trinajstić information content (AvgIpc) is 3.31. The highest BCUT2D eigenvalue weighted by Crippen LogP contribution is 2.73. The van der Waals surface area contributed by atoms with Gasteiger partial charge in [0.1, 0.15) is 11.9 Å². The van der Waals surface area contributed by atoms with E-state index >= 15 is 4.39 Å². The van der Waals surface area contributed by atoms with Crippen molar-refractivity contribution >= 4 is 51.6 Å². The van der Waals surface area contributed by atoms with E-state index in [9.17, 15) is 11.8 Å². The summed E-state index contributed by atoms with van der Waals surface area (Å²) in [7, 11) is -3.39. The van der Waals surface area contributed by atoms with Crippen molar-refractivity contribution in [3.05, 3.63) is 300 Å². The molecule has 1 spiro atoms. The van der Waals surface area contributed by atoms with Crippen LogP contribution in [0, 0.1) is 23.7 Å². The van der Waals surface area contributed by atoms with Gasteiger partial charge in [-0.2, -0.15) is 5.26 Å². The molecule has 5 heteroatoms. The van der Waals surface area contributed by atoms with E-state index in [0.717, 1.165) is 88.5 Å². The predicted octanol–water partition coefficient (Wildman–Crippen LogP) is 16.6. The van der Waals surface area contributed by atoms with Gasteiger partial charge in [-0.3, -0.25) is 0 Å². The quantitative estimate of drug-likeness (QED) is 0.118. The molecule has 0 aromatic heterocycles. The topological polar surface area (TPSA) is 31.4 Å². The molecule has 1 heterocycles. The number of hydrogen-bond donors (Lipinski definition) is 0. The normalized spacial score (nSPS) is 15.2. The molecule has 11 aromatic rings. The molecule has 3 aliphatic rings. The fourth-order valence-corrected chi connectivity index (χ4v) is 20.3. The molecule has 11 aromatic carbocycles. The number of benzene rings is 11. The number of rotatable bonds is 7. The van der Waals surface area contributed by atoms with Crippen LogP contribution in [0.3, 0.4) is 0 Å². The zero-order chi connectivity index (χ0) is 54.5. The largest absolute Gasteiger partial charge is 0.319 e. The molecule has 0 saturated heterocycles. The number of halogens is 1. The fourth-order valence-electron chi connectivity index (χ4n) is 15.1. The molecule has 14 rings (SSSR count). The minimum absolute atomic E-state index is 0.166. The van der Waals surface area contributed by atoms with E-state index in [1.165, 1.54) is 10.4 Å². The SMILES string of the molecule is [C-]#[N+]c1c(F)c2c(c(C#N)c1N1c3ccc(-c4ccccc4)cc3[Si](c3ccccc3)(c3ccccc3)c3cc(-c4ccccc4)ccc31)C(C)(C)C1(c3cc(-c4ccccc4)ccc3-c3ccc(-c4ccccc4)cc31)C2(C)C. The molecule has 0 amide bonds. The number of hydrogen-bond acceptors (Lipinski definition) is 2. The Bertz CT molecular complexity index is 4150. The van der Waals surface area contributed by atoms with Crippen LogP contribution >= 0.6 is 0 Å². The van der Waals surface area contributed by atoms with Gasteiger partial charge in [-0.1, -0.05) is 258 Å². The van der Waals surface area contributed by atoms with Gasteiger partial charge in [0.15, 0.2) is 8.07 Å². The van der Waals surface area contributed by atoms with Gasteiger partial charge in [-0.25, -0.2) is 9.24 Å². The third-order valence-corrected chi connectivity index (χ3v) is 23.0. The molecule has 0 atom stereocenters.